The van der Waals surface area contributed by atoms with E-state index in [1.54, 1.807) is 0 Å². The van der Waals surface area contributed by atoms with E-state index < -0.39 is 0 Å². The van der Waals surface area contributed by atoms with Gasteiger partial charge in [-0.3, -0.25) is 0 Å². The molecular weight excluding hydrogens is 410 g/mol. The van der Waals surface area contributed by atoms with Crippen LogP contribution in [0.4, 0.5) is 11.9 Å². The molecule has 0 fully saturated rings. The second-order valence-corrected chi connectivity index (χ2v) is 7.96. The Morgan fingerprint density at radius 3 is 2.52 bits per heavy atom. The van der Waals surface area contributed by atoms with Gasteiger partial charge in [-0.2, -0.15) is 4.98 Å². The van der Waals surface area contributed by atoms with Gasteiger partial charge in [0, 0.05) is 5.02 Å². The van der Waals surface area contributed by atoms with Crippen molar-refractivity contribution in [2.75, 3.05) is 11.1 Å². The van der Waals surface area contributed by atoms with E-state index in [-0.39, 0.29) is 18.0 Å². The maximum Gasteiger partial charge on any atom is 0.241 e. The number of benzene rings is 3. The van der Waals surface area contributed by atoms with E-state index in [0.29, 0.717) is 12.6 Å². The molecule has 7 heteroatoms. The van der Waals surface area contributed by atoms with Crippen molar-refractivity contribution >= 4 is 23.5 Å². The third kappa shape index (κ3) is 4.07. The first-order valence-corrected chi connectivity index (χ1v) is 10.5. The lowest BCUT2D eigenvalue weighted by Gasteiger charge is -2.32. The molecule has 0 radical (unpaired) electrons. The van der Waals surface area contributed by atoms with Crippen LogP contribution >= 0.6 is 11.6 Å². The molecule has 3 N–H and O–H groups in total. The Kier molecular flexibility index (Phi) is 5.22. The number of nitrogens with zero attached hydrogens (tertiary/aromatic N) is 3. The minimum atomic E-state index is -0.0227. The minimum Gasteiger partial charge on any atom is -0.489 e. The number of nitrogen functional groups attached to an aromatic ring is 1. The van der Waals surface area contributed by atoms with Crippen molar-refractivity contribution in [2.45, 2.75) is 25.1 Å². The second kappa shape index (κ2) is 8.32. The maximum absolute atomic E-state index is 6.47. The highest BCUT2D eigenvalue weighted by Gasteiger charge is 2.31. The molecule has 156 valence electrons. The number of ether oxygens (including phenoxy) is 1. The summed E-state index contributed by atoms with van der Waals surface area (Å²) < 4.78 is 7.78. The lowest BCUT2D eigenvalue weighted by molar-refractivity contribution is 0.306. The van der Waals surface area contributed by atoms with Crippen LogP contribution in [0.2, 0.25) is 5.02 Å². The molecule has 4 aromatic rings. The van der Waals surface area contributed by atoms with Crippen molar-refractivity contribution in [3.8, 4) is 5.75 Å². The van der Waals surface area contributed by atoms with E-state index in [2.05, 4.69) is 39.7 Å². The molecule has 3 aromatic carbocycles. The fourth-order valence-electron chi connectivity index (χ4n) is 3.96. The Labute approximate surface area is 185 Å². The summed E-state index contributed by atoms with van der Waals surface area (Å²) in [6, 6.07) is 26.1. The summed E-state index contributed by atoms with van der Waals surface area (Å²) in [5.41, 5.74) is 9.18. The van der Waals surface area contributed by atoms with Crippen LogP contribution in [-0.4, -0.2) is 14.8 Å². The van der Waals surface area contributed by atoms with Gasteiger partial charge in [0.15, 0.2) is 0 Å². The maximum atomic E-state index is 6.47. The zero-order chi connectivity index (χ0) is 21.2. The summed E-state index contributed by atoms with van der Waals surface area (Å²) in [6.07, 6.45) is 0.768. The number of hydrogen-bond donors (Lipinski definition) is 2. The third-order valence-corrected chi connectivity index (χ3v) is 5.84. The number of fused-ring (bicyclic) bond motifs is 1. The lowest BCUT2D eigenvalue weighted by Crippen LogP contribution is -2.28. The van der Waals surface area contributed by atoms with Gasteiger partial charge in [0.1, 0.15) is 12.4 Å². The lowest BCUT2D eigenvalue weighted by atomic mass is 9.93. The number of anilines is 2. The molecule has 0 unspecified atom stereocenters. The molecule has 6 nitrogen and oxygen atoms in total. The topological polar surface area (TPSA) is 78.0 Å². The molecule has 0 saturated carbocycles. The van der Waals surface area contributed by atoms with Gasteiger partial charge in [-0.25, -0.2) is 4.68 Å². The van der Waals surface area contributed by atoms with Gasteiger partial charge < -0.3 is 15.8 Å². The zero-order valence-electron chi connectivity index (χ0n) is 16.8. The predicted molar refractivity (Wildman–Crippen MR) is 122 cm³/mol. The van der Waals surface area contributed by atoms with E-state index in [9.17, 15) is 0 Å². The van der Waals surface area contributed by atoms with Gasteiger partial charge in [0.05, 0.1) is 12.1 Å². The van der Waals surface area contributed by atoms with Crippen molar-refractivity contribution in [1.82, 2.24) is 14.8 Å². The van der Waals surface area contributed by atoms with E-state index in [4.69, 9.17) is 22.1 Å². The average Bonchev–Trinajstić information content (AvgIpc) is 3.18. The second-order valence-electron chi connectivity index (χ2n) is 7.55. The summed E-state index contributed by atoms with van der Waals surface area (Å²) in [5, 5.41) is 8.57. The van der Waals surface area contributed by atoms with Gasteiger partial charge in [-0.1, -0.05) is 72.3 Å². The molecule has 2 heterocycles. The normalized spacial score (nSPS) is 17.6. The summed E-state index contributed by atoms with van der Waals surface area (Å²) in [7, 11) is 0. The van der Waals surface area contributed by atoms with Gasteiger partial charge >= 0.3 is 0 Å². The van der Waals surface area contributed by atoms with Crippen LogP contribution in [0.5, 0.6) is 5.75 Å². The Morgan fingerprint density at radius 1 is 1.00 bits per heavy atom. The van der Waals surface area contributed by atoms with Gasteiger partial charge in [-0.15, -0.1) is 5.10 Å². The van der Waals surface area contributed by atoms with Crippen LogP contribution in [0.25, 0.3) is 0 Å². The minimum absolute atomic E-state index is 0.00353. The third-order valence-electron chi connectivity index (χ3n) is 5.50. The summed E-state index contributed by atoms with van der Waals surface area (Å²) >= 11 is 6.47. The number of nitrogens with two attached hydrogens (primary N) is 1. The molecule has 2 atom stereocenters. The Bertz CT molecular complexity index is 1180. The van der Waals surface area contributed by atoms with Crippen LogP contribution < -0.4 is 15.8 Å². The number of rotatable bonds is 5. The van der Waals surface area contributed by atoms with Crippen molar-refractivity contribution in [3.63, 3.8) is 0 Å². The van der Waals surface area contributed by atoms with Crippen LogP contribution in [0.1, 0.15) is 35.2 Å². The first-order valence-electron chi connectivity index (χ1n) is 10.2. The van der Waals surface area contributed by atoms with Crippen LogP contribution in [0.3, 0.4) is 0 Å². The first kappa shape index (κ1) is 19.5. The van der Waals surface area contributed by atoms with E-state index in [1.165, 1.54) is 0 Å². The highest BCUT2D eigenvalue weighted by atomic mass is 35.5. The average molecular weight is 432 g/mol. The van der Waals surface area contributed by atoms with E-state index in [0.717, 1.165) is 33.9 Å². The summed E-state index contributed by atoms with van der Waals surface area (Å²) in [5.74, 6) is 1.71. The van der Waals surface area contributed by atoms with Crippen LogP contribution in [0.15, 0.2) is 78.9 Å². The van der Waals surface area contributed by atoms with Gasteiger partial charge in [-0.05, 0) is 41.3 Å². The SMILES string of the molecule is Nc1nc2n(n1)[C@H](c1ccc(OCc3ccccc3)cc1)C[C@H](c1ccccc1Cl)N2. The standard InChI is InChI=1S/C24H22ClN5O/c25-20-9-5-4-8-19(20)21-14-22(30-24(27-21)28-23(26)29-30)17-10-12-18(13-11-17)31-15-16-6-2-1-3-7-16/h1-13,21-22H,14-15H2,(H3,26,27,28,29)/t21-,22+/m1/s1. The van der Waals surface area contributed by atoms with Gasteiger partial charge in [0.25, 0.3) is 0 Å². The molecule has 1 aliphatic heterocycles. The van der Waals surface area contributed by atoms with Crippen molar-refractivity contribution in [3.05, 3.63) is 101 Å². The van der Waals surface area contributed by atoms with Crippen molar-refractivity contribution in [1.29, 1.82) is 0 Å². The predicted octanol–water partition coefficient (Wildman–Crippen LogP) is 5.24. The Morgan fingerprint density at radius 2 is 1.74 bits per heavy atom. The quantitative estimate of drug-likeness (QED) is 0.452. The molecule has 0 aliphatic carbocycles. The molecule has 0 saturated heterocycles. The number of aromatic nitrogens is 3. The number of nitrogens with one attached hydrogen (secondary N) is 1. The fraction of sp³-hybridized carbons (Fsp3) is 0.167. The largest absolute Gasteiger partial charge is 0.489 e. The smallest absolute Gasteiger partial charge is 0.241 e. The monoisotopic (exact) mass is 431 g/mol. The van der Waals surface area contributed by atoms with Crippen molar-refractivity contribution < 1.29 is 4.74 Å². The highest BCUT2D eigenvalue weighted by Crippen LogP contribution is 2.40. The van der Waals surface area contributed by atoms with E-state index >= 15 is 0 Å². The van der Waals surface area contributed by atoms with Crippen molar-refractivity contribution in [2.24, 2.45) is 0 Å². The van der Waals surface area contributed by atoms with Crippen LogP contribution in [0, 0.1) is 0 Å². The van der Waals surface area contributed by atoms with Gasteiger partial charge in [0.2, 0.25) is 11.9 Å². The summed E-state index contributed by atoms with van der Waals surface area (Å²) in [6.45, 7) is 0.534. The molecule has 5 rings (SSSR count). The summed E-state index contributed by atoms with van der Waals surface area (Å²) in [4.78, 5) is 4.36. The molecule has 0 amide bonds. The molecule has 1 aromatic heterocycles. The Hall–Kier alpha value is -3.51. The van der Waals surface area contributed by atoms with E-state index in [1.807, 2.05) is 59.3 Å². The first-order chi connectivity index (χ1) is 15.2. The molecular formula is C24H22ClN5O. The van der Waals surface area contributed by atoms with Crippen LogP contribution in [-0.2, 0) is 6.61 Å². The fourth-order valence-corrected chi connectivity index (χ4v) is 4.23. The zero-order valence-corrected chi connectivity index (χ0v) is 17.5. The Balaban J connectivity index is 1.39. The number of hydrogen-bond acceptors (Lipinski definition) is 5. The highest BCUT2D eigenvalue weighted by molar-refractivity contribution is 6.31. The molecule has 0 spiro atoms. The molecule has 0 bridgehead atoms. The number of halogens is 1. The molecule has 31 heavy (non-hydrogen) atoms. The molecule has 1 aliphatic rings.